The van der Waals surface area contributed by atoms with Gasteiger partial charge in [-0.25, -0.2) is 4.52 Å². The van der Waals surface area contributed by atoms with Crippen molar-refractivity contribution in [3.8, 4) is 5.75 Å². The van der Waals surface area contributed by atoms with Gasteiger partial charge in [0.1, 0.15) is 15.9 Å². The number of halogens is 2. The van der Waals surface area contributed by atoms with Crippen LogP contribution in [0.4, 0.5) is 0 Å². The number of ether oxygens (including phenoxy) is 1. The maximum atomic E-state index is 5.86. The summed E-state index contributed by atoms with van der Waals surface area (Å²) in [4.78, 5) is 0. The summed E-state index contributed by atoms with van der Waals surface area (Å²) in [7, 11) is 1.60. The van der Waals surface area contributed by atoms with Gasteiger partial charge in [0.05, 0.1) is 12.1 Å². The number of fused-ring (bicyclic) bond motifs is 1. The van der Waals surface area contributed by atoms with Crippen LogP contribution >= 0.6 is 27.5 Å². The van der Waals surface area contributed by atoms with E-state index in [1.165, 1.54) is 0 Å². The minimum Gasteiger partial charge on any atom is -0.494 e. The van der Waals surface area contributed by atoms with Crippen LogP contribution in [0, 0.1) is 0 Å². The third-order valence-electron chi connectivity index (χ3n) is 1.69. The number of methoxy groups -OCH3 is 1. The molecule has 2 heterocycles. The van der Waals surface area contributed by atoms with Crippen LogP contribution in [0.3, 0.4) is 0 Å². The van der Waals surface area contributed by atoms with Crippen LogP contribution in [0.5, 0.6) is 5.75 Å². The fourth-order valence-electron chi connectivity index (χ4n) is 1.16. The summed E-state index contributed by atoms with van der Waals surface area (Å²) in [5.41, 5.74) is 0.888. The van der Waals surface area contributed by atoms with Crippen LogP contribution in [0.1, 0.15) is 0 Å². The molecule has 0 aliphatic carbocycles. The molecule has 0 fully saturated rings. The van der Waals surface area contributed by atoms with Gasteiger partial charge < -0.3 is 4.74 Å². The molecule has 0 amide bonds. The normalized spacial score (nSPS) is 10.7. The highest BCUT2D eigenvalue weighted by Gasteiger charge is 2.06. The Labute approximate surface area is 88.4 Å². The second kappa shape index (κ2) is 3.20. The molecule has 0 radical (unpaired) electrons. The largest absolute Gasteiger partial charge is 0.494 e. The highest BCUT2D eigenvalue weighted by molar-refractivity contribution is 9.10. The van der Waals surface area contributed by atoms with E-state index in [0.29, 0.717) is 10.8 Å². The predicted molar refractivity (Wildman–Crippen MR) is 54.5 cm³/mol. The lowest BCUT2D eigenvalue weighted by molar-refractivity contribution is 0.417. The molecule has 0 unspecified atom stereocenters. The molecule has 2 aromatic rings. The average Bonchev–Trinajstić information content (AvgIpc) is 2.43. The van der Waals surface area contributed by atoms with Crippen molar-refractivity contribution in [1.82, 2.24) is 9.61 Å². The molecule has 2 rings (SSSR count). The van der Waals surface area contributed by atoms with E-state index in [0.717, 1.165) is 10.1 Å². The first-order valence-electron chi connectivity index (χ1n) is 3.59. The first kappa shape index (κ1) is 8.84. The van der Waals surface area contributed by atoms with Gasteiger partial charge in [-0.15, -0.1) is 0 Å². The van der Waals surface area contributed by atoms with E-state index < -0.39 is 0 Å². The molecule has 3 nitrogen and oxygen atoms in total. The van der Waals surface area contributed by atoms with Crippen molar-refractivity contribution >= 4 is 33.0 Å². The zero-order chi connectivity index (χ0) is 9.42. The maximum absolute atomic E-state index is 5.86. The van der Waals surface area contributed by atoms with Crippen LogP contribution in [0.25, 0.3) is 5.52 Å². The Morgan fingerprint density at radius 3 is 3.00 bits per heavy atom. The van der Waals surface area contributed by atoms with E-state index in [1.807, 2.05) is 6.07 Å². The van der Waals surface area contributed by atoms with Gasteiger partial charge in [0, 0.05) is 18.3 Å². The van der Waals surface area contributed by atoms with Gasteiger partial charge in [-0.1, -0.05) is 11.6 Å². The summed E-state index contributed by atoms with van der Waals surface area (Å²) >= 11 is 9.14. The molecule has 13 heavy (non-hydrogen) atoms. The van der Waals surface area contributed by atoms with Crippen LogP contribution in [-0.2, 0) is 0 Å². The van der Waals surface area contributed by atoms with Gasteiger partial charge in [-0.2, -0.15) is 5.10 Å². The smallest absolute Gasteiger partial charge is 0.146 e. The molecule has 68 valence electrons. The zero-order valence-electron chi connectivity index (χ0n) is 6.79. The maximum Gasteiger partial charge on any atom is 0.146 e. The lowest BCUT2D eigenvalue weighted by Crippen LogP contribution is -1.90. The predicted octanol–water partition coefficient (Wildman–Crippen LogP) is 2.76. The summed E-state index contributed by atoms with van der Waals surface area (Å²) in [5.74, 6) is 0.714. The number of hydrogen-bond acceptors (Lipinski definition) is 2. The van der Waals surface area contributed by atoms with E-state index in [1.54, 1.807) is 23.9 Å². The quantitative estimate of drug-likeness (QED) is 0.789. The second-order valence-corrected chi connectivity index (χ2v) is 3.77. The lowest BCUT2D eigenvalue weighted by atomic mass is 10.4. The molecule has 0 spiro atoms. The van der Waals surface area contributed by atoms with Gasteiger partial charge in [0.25, 0.3) is 0 Å². The molecule has 0 aliphatic heterocycles. The summed E-state index contributed by atoms with van der Waals surface area (Å²) in [5, 5.41) is 4.75. The molecule has 0 aliphatic rings. The third kappa shape index (κ3) is 1.51. The van der Waals surface area contributed by atoms with E-state index in [9.17, 15) is 0 Å². The van der Waals surface area contributed by atoms with E-state index in [2.05, 4.69) is 21.0 Å². The Balaban J connectivity index is 2.80. The van der Waals surface area contributed by atoms with Crippen molar-refractivity contribution in [3.63, 3.8) is 0 Å². The summed E-state index contributed by atoms with van der Waals surface area (Å²) in [6.45, 7) is 0. The molecule has 2 aromatic heterocycles. The number of nitrogens with zero attached hydrogens (tertiary/aromatic N) is 2. The van der Waals surface area contributed by atoms with Crippen LogP contribution in [0.15, 0.2) is 22.9 Å². The summed E-state index contributed by atoms with van der Waals surface area (Å²) in [6, 6.07) is 3.63. The van der Waals surface area contributed by atoms with E-state index >= 15 is 0 Å². The third-order valence-corrected chi connectivity index (χ3v) is 2.29. The molecule has 0 bridgehead atoms. The van der Waals surface area contributed by atoms with Crippen LogP contribution in [0.2, 0.25) is 5.02 Å². The minimum absolute atomic E-state index is 0.597. The first-order valence-corrected chi connectivity index (χ1v) is 4.76. The van der Waals surface area contributed by atoms with E-state index in [-0.39, 0.29) is 0 Å². The Kier molecular flexibility index (Phi) is 2.17. The molecule has 0 aromatic carbocycles. The molecular weight excluding hydrogens is 255 g/mol. The fraction of sp³-hybridized carbons (Fsp3) is 0.125. The van der Waals surface area contributed by atoms with E-state index in [4.69, 9.17) is 16.3 Å². The molecular formula is C8H6BrClN2O. The van der Waals surface area contributed by atoms with Gasteiger partial charge in [0.15, 0.2) is 0 Å². The molecule has 0 saturated heterocycles. The lowest BCUT2D eigenvalue weighted by Gasteiger charge is -2.02. The number of pyridine rings is 1. The molecule has 5 heteroatoms. The van der Waals surface area contributed by atoms with Crippen molar-refractivity contribution in [2.45, 2.75) is 0 Å². The van der Waals surface area contributed by atoms with Crippen molar-refractivity contribution in [1.29, 1.82) is 0 Å². The van der Waals surface area contributed by atoms with Crippen LogP contribution in [-0.4, -0.2) is 16.7 Å². The van der Waals surface area contributed by atoms with Crippen molar-refractivity contribution in [3.05, 3.63) is 28.0 Å². The van der Waals surface area contributed by atoms with Gasteiger partial charge >= 0.3 is 0 Å². The van der Waals surface area contributed by atoms with Gasteiger partial charge in [-0.3, -0.25) is 0 Å². The Hall–Kier alpha value is -0.740. The fourth-order valence-corrected chi connectivity index (χ4v) is 1.74. The Bertz CT molecular complexity index is 455. The zero-order valence-corrected chi connectivity index (χ0v) is 9.13. The average molecular weight is 262 g/mol. The van der Waals surface area contributed by atoms with Crippen molar-refractivity contribution in [2.75, 3.05) is 7.11 Å². The van der Waals surface area contributed by atoms with Crippen molar-refractivity contribution in [2.24, 2.45) is 0 Å². The highest BCUT2D eigenvalue weighted by Crippen LogP contribution is 2.25. The Morgan fingerprint density at radius 1 is 1.54 bits per heavy atom. The molecule has 0 saturated carbocycles. The molecule has 0 N–H and O–H groups in total. The highest BCUT2D eigenvalue weighted by atomic mass is 79.9. The standard InChI is InChI=1S/C8H6BrClN2O/c1-13-7-2-5(10)4-12-6(7)3-8(9)11-12/h2-4H,1H3. The number of rotatable bonds is 1. The summed E-state index contributed by atoms with van der Waals surface area (Å²) < 4.78 is 7.58. The topological polar surface area (TPSA) is 26.5 Å². The SMILES string of the molecule is COc1cc(Cl)cn2nc(Br)cc12. The Morgan fingerprint density at radius 2 is 2.31 bits per heavy atom. The minimum atomic E-state index is 0.597. The summed E-state index contributed by atoms with van der Waals surface area (Å²) in [6.07, 6.45) is 1.73. The van der Waals surface area contributed by atoms with Gasteiger partial charge in [-0.05, 0) is 15.9 Å². The monoisotopic (exact) mass is 260 g/mol. The van der Waals surface area contributed by atoms with Gasteiger partial charge in [0.2, 0.25) is 0 Å². The number of hydrogen-bond donors (Lipinski definition) is 0. The second-order valence-electron chi connectivity index (χ2n) is 2.52. The number of aromatic nitrogens is 2. The molecule has 0 atom stereocenters. The first-order chi connectivity index (χ1) is 6.20. The van der Waals surface area contributed by atoms with Crippen LogP contribution < -0.4 is 4.74 Å². The van der Waals surface area contributed by atoms with Crippen molar-refractivity contribution < 1.29 is 4.74 Å².